The number of esters is 1. The van der Waals surface area contributed by atoms with Gasteiger partial charge >= 0.3 is 5.97 Å². The number of anilines is 1. The molecule has 1 unspecified atom stereocenters. The molecule has 150 valence electrons. The molecular formula is C21H21N3O4S. The van der Waals surface area contributed by atoms with E-state index in [1.807, 2.05) is 18.2 Å². The molecular weight excluding hydrogens is 390 g/mol. The molecule has 1 aliphatic heterocycles. The first kappa shape index (κ1) is 19.3. The monoisotopic (exact) mass is 411 g/mol. The lowest BCUT2D eigenvalue weighted by atomic mass is 10.2. The highest BCUT2D eigenvalue weighted by molar-refractivity contribution is 7.20. The summed E-state index contributed by atoms with van der Waals surface area (Å²) in [5, 5.41) is 0.466. The zero-order chi connectivity index (χ0) is 20.7. The zero-order valence-electron chi connectivity index (χ0n) is 16.5. The number of likely N-dealkylation sites (N-methyl/N-ethyl adjacent to an activating group) is 1. The fraction of sp³-hybridized carbons (Fsp3) is 0.333. The molecule has 0 fully saturated rings. The Morgan fingerprint density at radius 1 is 1.28 bits per heavy atom. The maximum Gasteiger partial charge on any atom is 0.349 e. The summed E-state index contributed by atoms with van der Waals surface area (Å²) < 4.78 is 7.11. The number of fused-ring (bicyclic) bond motifs is 2. The molecule has 8 heteroatoms. The Morgan fingerprint density at radius 2 is 2.00 bits per heavy atom. The van der Waals surface area contributed by atoms with Crippen LogP contribution in [0.25, 0.3) is 10.2 Å². The summed E-state index contributed by atoms with van der Waals surface area (Å²) in [6, 6.07) is 9.14. The topological polar surface area (TPSA) is 81.5 Å². The van der Waals surface area contributed by atoms with Crippen molar-refractivity contribution in [3.63, 3.8) is 0 Å². The predicted octanol–water partition coefficient (Wildman–Crippen LogP) is 2.92. The molecule has 0 N–H and O–H groups in total. The van der Waals surface area contributed by atoms with E-state index in [0.717, 1.165) is 30.0 Å². The summed E-state index contributed by atoms with van der Waals surface area (Å²) in [4.78, 5) is 45.0. The summed E-state index contributed by atoms with van der Waals surface area (Å²) in [5.74, 6) is -0.186. The van der Waals surface area contributed by atoms with Crippen LogP contribution in [0.5, 0.6) is 0 Å². The zero-order valence-corrected chi connectivity index (χ0v) is 17.3. The molecule has 4 rings (SSSR count). The number of hydrogen-bond donors (Lipinski definition) is 0. The van der Waals surface area contributed by atoms with Crippen molar-refractivity contribution in [2.24, 2.45) is 0 Å². The number of ether oxygens (including phenoxy) is 1. The van der Waals surface area contributed by atoms with Gasteiger partial charge < -0.3 is 9.64 Å². The fourth-order valence-corrected chi connectivity index (χ4v) is 4.66. The van der Waals surface area contributed by atoms with Crippen LogP contribution < -0.4 is 10.5 Å². The summed E-state index contributed by atoms with van der Waals surface area (Å²) >= 11 is 1.15. The first-order chi connectivity index (χ1) is 13.9. The number of aromatic nitrogens is 2. The Morgan fingerprint density at radius 3 is 2.72 bits per heavy atom. The van der Waals surface area contributed by atoms with E-state index in [9.17, 15) is 14.4 Å². The molecule has 29 heavy (non-hydrogen) atoms. The lowest BCUT2D eigenvalue weighted by Gasteiger charge is -2.21. The number of nitrogens with zero attached hydrogens (tertiary/aromatic N) is 3. The quantitative estimate of drug-likeness (QED) is 0.617. The van der Waals surface area contributed by atoms with Crippen LogP contribution >= 0.6 is 11.3 Å². The number of aryl methyl sites for hydroxylation is 2. The summed E-state index contributed by atoms with van der Waals surface area (Å²) in [6.07, 6.45) is 0.706. The Hall–Kier alpha value is -3.00. The maximum absolute atomic E-state index is 12.8. The molecule has 1 amide bonds. The van der Waals surface area contributed by atoms with Gasteiger partial charge in [-0.15, -0.1) is 11.3 Å². The highest BCUT2D eigenvalue weighted by Gasteiger charge is 2.27. The van der Waals surface area contributed by atoms with Crippen molar-refractivity contribution in [1.29, 1.82) is 0 Å². The number of benzene rings is 1. The minimum absolute atomic E-state index is 0.108. The van der Waals surface area contributed by atoms with Crippen molar-refractivity contribution in [2.75, 3.05) is 11.9 Å². The molecule has 0 spiro atoms. The lowest BCUT2D eigenvalue weighted by molar-refractivity contribution is -0.126. The van der Waals surface area contributed by atoms with E-state index in [1.165, 1.54) is 4.90 Å². The van der Waals surface area contributed by atoms with Crippen LogP contribution in [0.1, 0.15) is 34.4 Å². The normalized spacial score (nSPS) is 13.9. The second-order valence-electron chi connectivity index (χ2n) is 7.11. The highest BCUT2D eigenvalue weighted by Crippen LogP contribution is 2.29. The number of para-hydroxylation sites is 1. The van der Waals surface area contributed by atoms with Crippen molar-refractivity contribution in [1.82, 2.24) is 9.55 Å². The Bertz CT molecular complexity index is 1170. The van der Waals surface area contributed by atoms with Gasteiger partial charge in [-0.1, -0.05) is 18.2 Å². The summed E-state index contributed by atoms with van der Waals surface area (Å²) in [7, 11) is 1.64. The second-order valence-corrected chi connectivity index (χ2v) is 8.10. The Kier molecular flexibility index (Phi) is 4.96. The summed E-state index contributed by atoms with van der Waals surface area (Å²) in [5.41, 5.74) is 1.17. The molecule has 0 radical (unpaired) electrons. The van der Waals surface area contributed by atoms with E-state index in [-0.39, 0.29) is 11.5 Å². The number of amides is 1. The van der Waals surface area contributed by atoms with Crippen molar-refractivity contribution in [3.05, 3.63) is 57.0 Å². The van der Waals surface area contributed by atoms with E-state index in [1.54, 1.807) is 37.6 Å². The fourth-order valence-electron chi connectivity index (χ4n) is 3.59. The maximum atomic E-state index is 12.8. The largest absolute Gasteiger partial charge is 0.448 e. The van der Waals surface area contributed by atoms with Gasteiger partial charge in [0.25, 0.3) is 11.5 Å². The average molecular weight is 411 g/mol. The average Bonchev–Trinajstić information content (AvgIpc) is 3.32. The van der Waals surface area contributed by atoms with Gasteiger partial charge in [-0.05, 0) is 38.0 Å². The van der Waals surface area contributed by atoms with Crippen molar-refractivity contribution < 1.29 is 14.3 Å². The third-order valence-corrected chi connectivity index (χ3v) is 6.37. The van der Waals surface area contributed by atoms with Crippen molar-refractivity contribution >= 4 is 39.1 Å². The Balaban J connectivity index is 1.58. The van der Waals surface area contributed by atoms with Crippen LogP contribution in [0.4, 0.5) is 5.69 Å². The number of rotatable bonds is 4. The molecule has 0 saturated carbocycles. The molecule has 1 aromatic carbocycles. The molecule has 0 saturated heterocycles. The van der Waals surface area contributed by atoms with Crippen LogP contribution in [0.2, 0.25) is 0 Å². The third-order valence-electron chi connectivity index (χ3n) is 5.20. The number of hydrogen-bond acceptors (Lipinski definition) is 6. The van der Waals surface area contributed by atoms with E-state index in [0.29, 0.717) is 32.9 Å². The smallest absolute Gasteiger partial charge is 0.349 e. The number of carbonyl (C=O) groups is 2. The van der Waals surface area contributed by atoms with Crippen LogP contribution in [-0.2, 0) is 22.5 Å². The highest BCUT2D eigenvalue weighted by atomic mass is 32.1. The van der Waals surface area contributed by atoms with Gasteiger partial charge in [-0.25, -0.2) is 9.78 Å². The van der Waals surface area contributed by atoms with E-state index in [2.05, 4.69) is 4.98 Å². The minimum atomic E-state index is -0.962. The van der Waals surface area contributed by atoms with Gasteiger partial charge in [0.15, 0.2) is 6.10 Å². The van der Waals surface area contributed by atoms with Crippen LogP contribution in [-0.4, -0.2) is 34.6 Å². The van der Waals surface area contributed by atoms with Gasteiger partial charge in [0, 0.05) is 25.7 Å². The lowest BCUT2D eigenvalue weighted by Crippen LogP contribution is -2.37. The predicted molar refractivity (Wildman–Crippen MR) is 112 cm³/mol. The molecule has 1 aliphatic rings. The van der Waals surface area contributed by atoms with Crippen molar-refractivity contribution in [3.8, 4) is 0 Å². The third kappa shape index (κ3) is 3.33. The second kappa shape index (κ2) is 7.44. The van der Waals surface area contributed by atoms with Gasteiger partial charge in [-0.2, -0.15) is 0 Å². The Labute approximate surface area is 171 Å². The SMILES string of the molecule is Cc1c(C(=O)OC(C)C(=O)N(C)c2ccccc2)sc2nc3n(c(=O)c12)CCC3. The summed E-state index contributed by atoms with van der Waals surface area (Å²) in [6.45, 7) is 3.93. The van der Waals surface area contributed by atoms with Crippen LogP contribution in [0.15, 0.2) is 35.1 Å². The molecule has 3 aromatic rings. The van der Waals surface area contributed by atoms with Gasteiger partial charge in [0.1, 0.15) is 15.5 Å². The van der Waals surface area contributed by atoms with Crippen molar-refractivity contribution in [2.45, 2.75) is 39.3 Å². The first-order valence-electron chi connectivity index (χ1n) is 9.45. The first-order valence-corrected chi connectivity index (χ1v) is 10.3. The molecule has 1 atom stereocenters. The minimum Gasteiger partial charge on any atom is -0.448 e. The van der Waals surface area contributed by atoms with Gasteiger partial charge in [0.2, 0.25) is 0 Å². The molecule has 7 nitrogen and oxygen atoms in total. The van der Waals surface area contributed by atoms with E-state index in [4.69, 9.17) is 4.74 Å². The van der Waals surface area contributed by atoms with Crippen LogP contribution in [0, 0.1) is 6.92 Å². The van der Waals surface area contributed by atoms with E-state index < -0.39 is 12.1 Å². The molecule has 0 aliphatic carbocycles. The molecule has 3 heterocycles. The standard InChI is InChI=1S/C21H21N3O4S/c1-12-16-18(22-15-10-7-11-24(15)20(16)26)29-17(12)21(27)28-13(2)19(25)23(3)14-8-5-4-6-9-14/h4-6,8-9,13H,7,10-11H2,1-3H3. The van der Waals surface area contributed by atoms with Gasteiger partial charge in [0.05, 0.1) is 5.39 Å². The van der Waals surface area contributed by atoms with Crippen LogP contribution in [0.3, 0.4) is 0 Å². The van der Waals surface area contributed by atoms with E-state index >= 15 is 0 Å². The molecule has 2 aromatic heterocycles. The van der Waals surface area contributed by atoms with Gasteiger partial charge in [-0.3, -0.25) is 14.2 Å². The number of carbonyl (C=O) groups excluding carboxylic acids is 2. The molecule has 0 bridgehead atoms. The number of thiophene rings is 1.